The highest BCUT2D eigenvalue weighted by molar-refractivity contribution is 5.94. The average molecular weight is 247 g/mol. The van der Waals surface area contributed by atoms with Crippen molar-refractivity contribution < 1.29 is 4.79 Å². The van der Waals surface area contributed by atoms with E-state index in [9.17, 15) is 4.79 Å². The Morgan fingerprint density at radius 1 is 1.28 bits per heavy atom. The molecule has 1 fully saturated rings. The van der Waals surface area contributed by atoms with Gasteiger partial charge in [0, 0.05) is 50.2 Å². The second-order valence-electron chi connectivity index (χ2n) is 4.82. The molecule has 0 bridgehead atoms. The lowest BCUT2D eigenvalue weighted by atomic mass is 10.1. The molecular weight excluding hydrogens is 226 g/mol. The zero-order valence-electron chi connectivity index (χ0n) is 11.2. The number of carbonyl (C=O) groups is 1. The van der Waals surface area contributed by atoms with Crippen LogP contribution in [0.1, 0.15) is 30.6 Å². The van der Waals surface area contributed by atoms with Crippen molar-refractivity contribution in [3.05, 3.63) is 30.1 Å². The molecule has 4 nitrogen and oxygen atoms in total. The van der Waals surface area contributed by atoms with Crippen LogP contribution >= 0.6 is 0 Å². The van der Waals surface area contributed by atoms with Crippen molar-refractivity contribution in [3.63, 3.8) is 0 Å². The lowest BCUT2D eigenvalue weighted by Gasteiger charge is -2.37. The number of nitrogens with zero attached hydrogens (tertiary/aromatic N) is 3. The number of amides is 1. The minimum atomic E-state index is 0.126. The molecule has 1 saturated heterocycles. The van der Waals surface area contributed by atoms with Crippen LogP contribution in [0, 0.1) is 0 Å². The van der Waals surface area contributed by atoms with E-state index in [1.165, 1.54) is 0 Å². The molecule has 98 valence electrons. The number of hydrogen-bond donors (Lipinski definition) is 0. The maximum Gasteiger partial charge on any atom is 0.254 e. The Kier molecular flexibility index (Phi) is 4.31. The van der Waals surface area contributed by atoms with Gasteiger partial charge in [-0.15, -0.1) is 0 Å². The fraction of sp³-hybridized carbons (Fsp3) is 0.571. The number of aromatic nitrogens is 1. The first-order valence-corrected chi connectivity index (χ1v) is 6.65. The Hall–Kier alpha value is -1.42. The van der Waals surface area contributed by atoms with Crippen molar-refractivity contribution in [1.29, 1.82) is 0 Å². The molecular formula is C14H21N3O. The van der Waals surface area contributed by atoms with Gasteiger partial charge in [-0.05, 0) is 25.5 Å². The Bertz CT molecular complexity index is 385. The first kappa shape index (κ1) is 13.0. The largest absolute Gasteiger partial charge is 0.336 e. The van der Waals surface area contributed by atoms with Gasteiger partial charge in [0.15, 0.2) is 0 Å². The summed E-state index contributed by atoms with van der Waals surface area (Å²) in [6.07, 6.45) is 4.50. The zero-order valence-corrected chi connectivity index (χ0v) is 11.2. The average Bonchev–Trinajstić information content (AvgIpc) is 2.47. The highest BCUT2D eigenvalue weighted by Crippen LogP contribution is 2.11. The molecule has 1 aromatic heterocycles. The van der Waals surface area contributed by atoms with E-state index >= 15 is 0 Å². The Balaban J connectivity index is 1.92. The summed E-state index contributed by atoms with van der Waals surface area (Å²) in [7, 11) is 0. The second kappa shape index (κ2) is 5.96. The summed E-state index contributed by atoms with van der Waals surface area (Å²) < 4.78 is 0. The number of piperazine rings is 1. The lowest BCUT2D eigenvalue weighted by molar-refractivity contribution is 0.0579. The van der Waals surface area contributed by atoms with E-state index in [-0.39, 0.29) is 5.91 Å². The van der Waals surface area contributed by atoms with E-state index in [1.54, 1.807) is 24.5 Å². The van der Waals surface area contributed by atoms with Crippen LogP contribution in [0.2, 0.25) is 0 Å². The van der Waals surface area contributed by atoms with Crippen LogP contribution in [0.5, 0.6) is 0 Å². The third-order valence-electron chi connectivity index (χ3n) is 3.74. The standard InChI is InChI=1S/C14H21N3O/c1-3-12(2)16-8-10-17(11-9-16)14(18)13-4-6-15-7-5-13/h4-7,12H,3,8-11H2,1-2H3/t12-/m0/s1. The highest BCUT2D eigenvalue weighted by atomic mass is 16.2. The van der Waals surface area contributed by atoms with E-state index < -0.39 is 0 Å². The molecule has 2 rings (SSSR count). The molecule has 1 atom stereocenters. The first-order chi connectivity index (χ1) is 8.72. The van der Waals surface area contributed by atoms with Gasteiger partial charge >= 0.3 is 0 Å². The Morgan fingerprint density at radius 3 is 2.44 bits per heavy atom. The van der Waals surface area contributed by atoms with Gasteiger partial charge < -0.3 is 4.90 Å². The molecule has 0 saturated carbocycles. The minimum Gasteiger partial charge on any atom is -0.336 e. The van der Waals surface area contributed by atoms with Crippen LogP contribution in [-0.4, -0.2) is 52.9 Å². The quantitative estimate of drug-likeness (QED) is 0.814. The molecule has 1 amide bonds. The maximum absolute atomic E-state index is 12.2. The van der Waals surface area contributed by atoms with Gasteiger partial charge in [-0.1, -0.05) is 6.92 Å². The van der Waals surface area contributed by atoms with Crippen molar-refractivity contribution in [2.45, 2.75) is 26.3 Å². The summed E-state index contributed by atoms with van der Waals surface area (Å²) >= 11 is 0. The van der Waals surface area contributed by atoms with E-state index in [0.29, 0.717) is 6.04 Å². The number of hydrogen-bond acceptors (Lipinski definition) is 3. The molecule has 0 N–H and O–H groups in total. The summed E-state index contributed by atoms with van der Waals surface area (Å²) in [6.45, 7) is 8.06. The highest BCUT2D eigenvalue weighted by Gasteiger charge is 2.23. The predicted octanol–water partition coefficient (Wildman–Crippen LogP) is 1.64. The molecule has 0 radical (unpaired) electrons. The normalized spacial score (nSPS) is 18.7. The molecule has 1 aliphatic rings. The maximum atomic E-state index is 12.2. The SMILES string of the molecule is CC[C@H](C)N1CCN(C(=O)c2ccncc2)CC1. The summed E-state index contributed by atoms with van der Waals surface area (Å²) in [5.74, 6) is 0.126. The van der Waals surface area contributed by atoms with Crippen LogP contribution in [0.15, 0.2) is 24.5 Å². The smallest absolute Gasteiger partial charge is 0.254 e. The minimum absolute atomic E-state index is 0.126. The monoisotopic (exact) mass is 247 g/mol. The van der Waals surface area contributed by atoms with Gasteiger partial charge in [0.1, 0.15) is 0 Å². The molecule has 1 aromatic rings. The van der Waals surface area contributed by atoms with Crippen molar-refractivity contribution in [1.82, 2.24) is 14.8 Å². The van der Waals surface area contributed by atoms with E-state index in [4.69, 9.17) is 0 Å². The number of pyridine rings is 1. The third kappa shape index (κ3) is 2.88. The van der Waals surface area contributed by atoms with Gasteiger partial charge in [-0.2, -0.15) is 0 Å². The van der Waals surface area contributed by atoms with E-state index in [2.05, 4.69) is 23.7 Å². The Morgan fingerprint density at radius 2 is 1.89 bits per heavy atom. The fourth-order valence-electron chi connectivity index (χ4n) is 2.30. The summed E-state index contributed by atoms with van der Waals surface area (Å²) in [5.41, 5.74) is 0.738. The van der Waals surface area contributed by atoms with Crippen molar-refractivity contribution in [2.24, 2.45) is 0 Å². The molecule has 1 aliphatic heterocycles. The first-order valence-electron chi connectivity index (χ1n) is 6.65. The van der Waals surface area contributed by atoms with Gasteiger partial charge in [-0.3, -0.25) is 14.7 Å². The second-order valence-corrected chi connectivity index (χ2v) is 4.82. The topological polar surface area (TPSA) is 36.4 Å². The van der Waals surface area contributed by atoms with E-state index in [0.717, 1.165) is 38.2 Å². The summed E-state index contributed by atoms with van der Waals surface area (Å²) in [6, 6.07) is 4.18. The molecule has 4 heteroatoms. The van der Waals surface area contributed by atoms with Crippen LogP contribution < -0.4 is 0 Å². The third-order valence-corrected chi connectivity index (χ3v) is 3.74. The van der Waals surface area contributed by atoms with E-state index in [1.807, 2.05) is 4.90 Å². The van der Waals surface area contributed by atoms with Crippen LogP contribution in [-0.2, 0) is 0 Å². The van der Waals surface area contributed by atoms with Gasteiger partial charge in [0.2, 0.25) is 0 Å². The fourth-order valence-corrected chi connectivity index (χ4v) is 2.30. The lowest BCUT2D eigenvalue weighted by Crippen LogP contribution is -2.51. The van der Waals surface area contributed by atoms with Gasteiger partial charge in [0.05, 0.1) is 0 Å². The van der Waals surface area contributed by atoms with Crippen LogP contribution in [0.3, 0.4) is 0 Å². The van der Waals surface area contributed by atoms with Gasteiger partial charge in [-0.25, -0.2) is 0 Å². The van der Waals surface area contributed by atoms with Crippen molar-refractivity contribution >= 4 is 5.91 Å². The molecule has 0 spiro atoms. The predicted molar refractivity (Wildman–Crippen MR) is 71.5 cm³/mol. The van der Waals surface area contributed by atoms with Gasteiger partial charge in [0.25, 0.3) is 5.91 Å². The summed E-state index contributed by atoms with van der Waals surface area (Å²) in [5, 5.41) is 0. The van der Waals surface area contributed by atoms with Crippen molar-refractivity contribution in [3.8, 4) is 0 Å². The summed E-state index contributed by atoms with van der Waals surface area (Å²) in [4.78, 5) is 20.6. The Labute approximate surface area is 109 Å². The number of rotatable bonds is 3. The van der Waals surface area contributed by atoms with Crippen LogP contribution in [0.25, 0.3) is 0 Å². The molecule has 0 aliphatic carbocycles. The number of carbonyl (C=O) groups excluding carboxylic acids is 1. The molecule has 0 unspecified atom stereocenters. The molecule has 2 heterocycles. The molecule has 18 heavy (non-hydrogen) atoms. The molecule has 0 aromatic carbocycles. The van der Waals surface area contributed by atoms with Crippen LogP contribution in [0.4, 0.5) is 0 Å². The van der Waals surface area contributed by atoms with Crippen molar-refractivity contribution in [2.75, 3.05) is 26.2 Å². The zero-order chi connectivity index (χ0) is 13.0.